The van der Waals surface area contributed by atoms with Gasteiger partial charge < -0.3 is 10.5 Å². The Kier molecular flexibility index (Phi) is 4.14. The van der Waals surface area contributed by atoms with Gasteiger partial charge in [0.05, 0.1) is 6.61 Å². The Hall–Kier alpha value is -1.53. The van der Waals surface area contributed by atoms with Crippen molar-refractivity contribution in [1.29, 1.82) is 0 Å². The Bertz CT molecular complexity index is 368. The summed E-state index contributed by atoms with van der Waals surface area (Å²) < 4.78 is 18.6. The predicted octanol–water partition coefficient (Wildman–Crippen LogP) is 2.25. The fraction of sp³-hybridized carbons (Fsp3) is 0.333. The van der Waals surface area contributed by atoms with Crippen LogP contribution < -0.4 is 10.5 Å². The third-order valence-electron chi connectivity index (χ3n) is 1.99. The van der Waals surface area contributed by atoms with E-state index >= 15 is 0 Å². The van der Waals surface area contributed by atoms with Gasteiger partial charge in [-0.15, -0.1) is 12.3 Å². The maximum atomic E-state index is 13.4. The third-order valence-corrected chi connectivity index (χ3v) is 1.99. The molecule has 0 unspecified atom stereocenters. The van der Waals surface area contributed by atoms with E-state index in [2.05, 4.69) is 5.92 Å². The van der Waals surface area contributed by atoms with Crippen molar-refractivity contribution < 1.29 is 9.13 Å². The fourth-order valence-corrected chi connectivity index (χ4v) is 1.14. The lowest BCUT2D eigenvalue weighted by molar-refractivity contribution is 0.309. The van der Waals surface area contributed by atoms with E-state index in [0.29, 0.717) is 13.0 Å². The third kappa shape index (κ3) is 3.26. The number of benzene rings is 1. The summed E-state index contributed by atoms with van der Waals surface area (Å²) in [4.78, 5) is 0. The first-order valence-electron chi connectivity index (χ1n) is 4.76. The van der Waals surface area contributed by atoms with E-state index in [1.165, 1.54) is 6.07 Å². The van der Waals surface area contributed by atoms with Gasteiger partial charge in [-0.2, -0.15) is 0 Å². The predicted molar refractivity (Wildman–Crippen MR) is 57.9 cm³/mol. The zero-order chi connectivity index (χ0) is 11.3. The van der Waals surface area contributed by atoms with E-state index in [0.717, 1.165) is 5.56 Å². The number of rotatable bonds is 4. The molecule has 0 saturated heterocycles. The van der Waals surface area contributed by atoms with Crippen molar-refractivity contribution in [3.63, 3.8) is 0 Å². The highest BCUT2D eigenvalue weighted by atomic mass is 19.1. The van der Waals surface area contributed by atoms with E-state index in [9.17, 15) is 4.39 Å². The normalized spacial score (nSPS) is 11.9. The largest absolute Gasteiger partial charge is 0.490 e. The average Bonchev–Trinajstić information content (AvgIpc) is 2.20. The van der Waals surface area contributed by atoms with E-state index in [1.807, 2.05) is 0 Å². The maximum Gasteiger partial charge on any atom is 0.165 e. The molecule has 1 rings (SSSR count). The molecular weight excluding hydrogens is 193 g/mol. The van der Waals surface area contributed by atoms with E-state index in [4.69, 9.17) is 16.9 Å². The Labute approximate surface area is 89.2 Å². The lowest BCUT2D eigenvalue weighted by atomic mass is 10.1. The van der Waals surface area contributed by atoms with Crippen LogP contribution in [0.25, 0.3) is 0 Å². The van der Waals surface area contributed by atoms with E-state index in [-0.39, 0.29) is 11.8 Å². The maximum absolute atomic E-state index is 13.4. The average molecular weight is 207 g/mol. The smallest absolute Gasteiger partial charge is 0.165 e. The quantitative estimate of drug-likeness (QED) is 0.607. The van der Waals surface area contributed by atoms with Crippen molar-refractivity contribution in [1.82, 2.24) is 0 Å². The molecule has 0 aromatic heterocycles. The van der Waals surface area contributed by atoms with Gasteiger partial charge >= 0.3 is 0 Å². The van der Waals surface area contributed by atoms with Crippen molar-refractivity contribution >= 4 is 0 Å². The molecule has 0 fully saturated rings. The summed E-state index contributed by atoms with van der Waals surface area (Å²) in [5.74, 6) is 2.24. The number of hydrogen-bond acceptors (Lipinski definition) is 2. The monoisotopic (exact) mass is 207 g/mol. The van der Waals surface area contributed by atoms with E-state index in [1.54, 1.807) is 19.1 Å². The Morgan fingerprint density at radius 1 is 1.60 bits per heavy atom. The molecule has 0 heterocycles. The molecule has 0 aliphatic heterocycles. The molecule has 80 valence electrons. The highest BCUT2D eigenvalue weighted by molar-refractivity contribution is 5.30. The van der Waals surface area contributed by atoms with Crippen LogP contribution in [0.4, 0.5) is 4.39 Å². The molecule has 1 aromatic rings. The Balaban J connectivity index is 2.71. The summed E-state index contributed by atoms with van der Waals surface area (Å²) in [5.41, 5.74) is 6.37. The summed E-state index contributed by atoms with van der Waals surface area (Å²) in [5, 5.41) is 0. The van der Waals surface area contributed by atoms with Crippen molar-refractivity contribution in [2.24, 2.45) is 5.73 Å². The number of terminal acetylenes is 1. The minimum Gasteiger partial charge on any atom is -0.490 e. The van der Waals surface area contributed by atoms with Gasteiger partial charge in [0.2, 0.25) is 0 Å². The molecule has 0 aliphatic rings. The lowest BCUT2D eigenvalue weighted by Crippen LogP contribution is -2.06. The van der Waals surface area contributed by atoms with Gasteiger partial charge in [-0.1, -0.05) is 6.07 Å². The van der Waals surface area contributed by atoms with E-state index < -0.39 is 5.82 Å². The minimum atomic E-state index is -0.401. The molecule has 0 aliphatic carbocycles. The van der Waals surface area contributed by atoms with Gasteiger partial charge in [-0.25, -0.2) is 4.39 Å². The summed E-state index contributed by atoms with van der Waals surface area (Å²) in [6.45, 7) is 2.12. The summed E-state index contributed by atoms with van der Waals surface area (Å²) >= 11 is 0. The number of halogens is 1. The van der Waals surface area contributed by atoms with Crippen molar-refractivity contribution in [3.05, 3.63) is 29.6 Å². The first-order chi connectivity index (χ1) is 7.15. The van der Waals surface area contributed by atoms with Crippen molar-refractivity contribution in [2.45, 2.75) is 19.4 Å². The van der Waals surface area contributed by atoms with Gasteiger partial charge in [0.25, 0.3) is 0 Å². The first kappa shape index (κ1) is 11.5. The van der Waals surface area contributed by atoms with Crippen molar-refractivity contribution in [3.8, 4) is 18.1 Å². The molecular formula is C12H14FNO. The van der Waals surface area contributed by atoms with Gasteiger partial charge in [0.15, 0.2) is 11.6 Å². The molecule has 0 radical (unpaired) electrons. The molecule has 0 amide bonds. The Morgan fingerprint density at radius 3 is 2.87 bits per heavy atom. The van der Waals surface area contributed by atoms with Gasteiger partial charge in [0, 0.05) is 12.5 Å². The van der Waals surface area contributed by atoms with Crippen LogP contribution >= 0.6 is 0 Å². The second kappa shape index (κ2) is 5.38. The van der Waals surface area contributed by atoms with Crippen LogP contribution in [0.5, 0.6) is 5.75 Å². The second-order valence-electron chi connectivity index (χ2n) is 3.28. The zero-order valence-corrected chi connectivity index (χ0v) is 8.66. The molecule has 1 aromatic carbocycles. The number of ether oxygens (including phenoxy) is 1. The van der Waals surface area contributed by atoms with Gasteiger partial charge in [0.1, 0.15) is 0 Å². The van der Waals surface area contributed by atoms with Crippen LogP contribution in [0.1, 0.15) is 24.9 Å². The molecule has 0 saturated carbocycles. The van der Waals surface area contributed by atoms with Gasteiger partial charge in [-0.05, 0) is 24.6 Å². The molecule has 2 N–H and O–H groups in total. The fourth-order valence-electron chi connectivity index (χ4n) is 1.14. The van der Waals surface area contributed by atoms with Gasteiger partial charge in [-0.3, -0.25) is 0 Å². The molecule has 0 spiro atoms. The number of hydrogen-bond donors (Lipinski definition) is 1. The standard InChI is InChI=1S/C12H14FNO/c1-3-4-7-15-12-6-5-10(9(2)14)8-11(12)13/h1,5-6,8-9H,4,7,14H2,2H3/t9-/m0/s1. The zero-order valence-electron chi connectivity index (χ0n) is 8.66. The minimum absolute atomic E-state index is 0.181. The van der Waals surface area contributed by atoms with Crippen molar-refractivity contribution in [2.75, 3.05) is 6.61 Å². The second-order valence-corrected chi connectivity index (χ2v) is 3.28. The van der Waals surface area contributed by atoms with Crippen LogP contribution in [0.3, 0.4) is 0 Å². The van der Waals surface area contributed by atoms with Crippen LogP contribution in [-0.2, 0) is 0 Å². The summed E-state index contributed by atoms with van der Waals surface area (Å²) in [6, 6.07) is 4.53. The highest BCUT2D eigenvalue weighted by Gasteiger charge is 2.06. The molecule has 0 bridgehead atoms. The van der Waals surface area contributed by atoms with Crippen LogP contribution in [0, 0.1) is 18.2 Å². The first-order valence-corrected chi connectivity index (χ1v) is 4.76. The number of nitrogens with two attached hydrogens (primary N) is 1. The molecule has 1 atom stereocenters. The van der Waals surface area contributed by atoms with Crippen LogP contribution in [-0.4, -0.2) is 6.61 Å². The molecule has 3 heteroatoms. The van der Waals surface area contributed by atoms with Crippen LogP contribution in [0.15, 0.2) is 18.2 Å². The molecule has 15 heavy (non-hydrogen) atoms. The summed E-state index contributed by atoms with van der Waals surface area (Å²) in [6.07, 6.45) is 5.52. The highest BCUT2D eigenvalue weighted by Crippen LogP contribution is 2.21. The SMILES string of the molecule is C#CCCOc1ccc([C@H](C)N)cc1F. The van der Waals surface area contributed by atoms with Crippen LogP contribution in [0.2, 0.25) is 0 Å². The summed E-state index contributed by atoms with van der Waals surface area (Å²) in [7, 11) is 0. The molecule has 2 nitrogen and oxygen atoms in total. The lowest BCUT2D eigenvalue weighted by Gasteiger charge is -2.09. The Morgan fingerprint density at radius 2 is 2.33 bits per heavy atom. The topological polar surface area (TPSA) is 35.2 Å².